The molecule has 0 aliphatic heterocycles. The monoisotopic (exact) mass is 299 g/mol. The summed E-state index contributed by atoms with van der Waals surface area (Å²) >= 11 is 0. The molecule has 0 spiro atoms. The Morgan fingerprint density at radius 3 is 2.64 bits per heavy atom. The minimum atomic E-state index is -0.366. The van der Waals surface area contributed by atoms with Gasteiger partial charge >= 0.3 is 5.97 Å². The van der Waals surface area contributed by atoms with Crippen molar-refractivity contribution >= 4 is 5.97 Å². The lowest BCUT2D eigenvalue weighted by atomic mass is 10.0. The van der Waals surface area contributed by atoms with Crippen LogP contribution in [-0.4, -0.2) is 18.1 Å². The maximum atomic E-state index is 12.4. The van der Waals surface area contributed by atoms with Crippen LogP contribution in [0.25, 0.3) is 0 Å². The number of hydrogen-bond acceptors (Lipinski definition) is 4. The lowest BCUT2D eigenvalue weighted by Crippen LogP contribution is -2.15. The van der Waals surface area contributed by atoms with Crippen molar-refractivity contribution in [3.8, 4) is 5.75 Å². The zero-order valence-corrected chi connectivity index (χ0v) is 13.2. The smallest absolute Gasteiger partial charge is 0.338 e. The molecule has 1 atom stereocenters. The van der Waals surface area contributed by atoms with Crippen molar-refractivity contribution in [1.82, 2.24) is 4.98 Å². The van der Waals surface area contributed by atoms with Crippen molar-refractivity contribution in [2.45, 2.75) is 26.4 Å². The fourth-order valence-corrected chi connectivity index (χ4v) is 2.17. The van der Waals surface area contributed by atoms with Crippen LogP contribution < -0.4 is 4.74 Å². The van der Waals surface area contributed by atoms with Crippen LogP contribution in [0.5, 0.6) is 5.75 Å². The van der Waals surface area contributed by atoms with E-state index >= 15 is 0 Å². The van der Waals surface area contributed by atoms with Crippen molar-refractivity contribution in [3.05, 3.63) is 59.9 Å². The van der Waals surface area contributed by atoms with Crippen molar-refractivity contribution in [2.75, 3.05) is 7.11 Å². The van der Waals surface area contributed by atoms with Crippen LogP contribution in [0.3, 0.4) is 0 Å². The third kappa shape index (κ3) is 4.32. The number of benzene rings is 1. The van der Waals surface area contributed by atoms with E-state index in [1.807, 2.05) is 18.2 Å². The molecule has 0 N–H and O–H groups in total. The van der Waals surface area contributed by atoms with E-state index < -0.39 is 0 Å². The topological polar surface area (TPSA) is 48.4 Å². The minimum absolute atomic E-state index is 0.347. The van der Waals surface area contributed by atoms with E-state index in [4.69, 9.17) is 9.47 Å². The van der Waals surface area contributed by atoms with Gasteiger partial charge in [0.05, 0.1) is 18.4 Å². The lowest BCUT2D eigenvalue weighted by molar-refractivity contribution is 0.0236. The van der Waals surface area contributed by atoms with Crippen molar-refractivity contribution in [1.29, 1.82) is 0 Å². The van der Waals surface area contributed by atoms with Gasteiger partial charge < -0.3 is 9.47 Å². The first-order valence-corrected chi connectivity index (χ1v) is 7.36. The summed E-state index contributed by atoms with van der Waals surface area (Å²) in [7, 11) is 1.57. The molecule has 4 heteroatoms. The number of pyridine rings is 1. The van der Waals surface area contributed by atoms with Gasteiger partial charge in [-0.1, -0.05) is 26.0 Å². The highest BCUT2D eigenvalue weighted by atomic mass is 16.5. The average molecular weight is 299 g/mol. The molecule has 0 fully saturated rings. The van der Waals surface area contributed by atoms with E-state index in [9.17, 15) is 4.79 Å². The normalized spacial score (nSPS) is 12.0. The van der Waals surface area contributed by atoms with E-state index in [0.717, 1.165) is 12.1 Å². The molecule has 0 aliphatic carbocycles. The molecule has 22 heavy (non-hydrogen) atoms. The summed E-state index contributed by atoms with van der Waals surface area (Å²) in [5.41, 5.74) is 1.25. The highest BCUT2D eigenvalue weighted by Gasteiger charge is 2.20. The molecule has 0 aliphatic rings. The summed E-state index contributed by atoms with van der Waals surface area (Å²) in [6.45, 7) is 4.19. The van der Waals surface area contributed by atoms with Gasteiger partial charge in [-0.15, -0.1) is 0 Å². The molecule has 1 heterocycles. The van der Waals surface area contributed by atoms with E-state index in [1.54, 1.807) is 37.6 Å². The number of esters is 1. The van der Waals surface area contributed by atoms with Gasteiger partial charge in [0.1, 0.15) is 11.9 Å². The van der Waals surface area contributed by atoms with Crippen LogP contribution in [-0.2, 0) is 4.74 Å². The van der Waals surface area contributed by atoms with Gasteiger partial charge in [0.15, 0.2) is 0 Å². The van der Waals surface area contributed by atoms with Crippen LogP contribution >= 0.6 is 0 Å². The van der Waals surface area contributed by atoms with Gasteiger partial charge in [-0.05, 0) is 42.7 Å². The minimum Gasteiger partial charge on any atom is -0.497 e. The molecular weight excluding hydrogens is 278 g/mol. The number of hydrogen-bond donors (Lipinski definition) is 0. The fourth-order valence-electron chi connectivity index (χ4n) is 2.17. The molecular formula is C18H21NO3. The molecule has 0 saturated carbocycles. The van der Waals surface area contributed by atoms with E-state index in [-0.39, 0.29) is 12.1 Å². The van der Waals surface area contributed by atoms with Gasteiger partial charge in [0.2, 0.25) is 0 Å². The molecule has 0 unspecified atom stereocenters. The number of nitrogens with zero attached hydrogens (tertiary/aromatic N) is 1. The summed E-state index contributed by atoms with van der Waals surface area (Å²) in [6.07, 6.45) is 2.09. The first-order valence-electron chi connectivity index (χ1n) is 7.36. The number of rotatable bonds is 6. The summed E-state index contributed by atoms with van der Waals surface area (Å²) in [6, 6.07) is 12.6. The molecule has 0 amide bonds. The van der Waals surface area contributed by atoms with Crippen LogP contribution in [0.2, 0.25) is 0 Å². The Balaban J connectivity index is 2.17. The SMILES string of the molecule is COc1cccc(C(=O)O[C@@H](CC(C)C)c2ccccn2)c1. The van der Waals surface area contributed by atoms with E-state index in [2.05, 4.69) is 18.8 Å². The maximum Gasteiger partial charge on any atom is 0.338 e. The Morgan fingerprint density at radius 2 is 2.00 bits per heavy atom. The highest BCUT2D eigenvalue weighted by Crippen LogP contribution is 2.25. The zero-order valence-electron chi connectivity index (χ0n) is 13.2. The Kier molecular flexibility index (Phi) is 5.53. The van der Waals surface area contributed by atoms with Crippen molar-refractivity contribution in [2.24, 2.45) is 5.92 Å². The number of carbonyl (C=O) groups is 1. The number of carbonyl (C=O) groups excluding carboxylic acids is 1. The Hall–Kier alpha value is -2.36. The molecule has 0 saturated heterocycles. The molecule has 1 aromatic carbocycles. The standard InChI is InChI=1S/C18H21NO3/c1-13(2)11-17(16-9-4-5-10-19-16)22-18(20)14-7-6-8-15(12-14)21-3/h4-10,12-13,17H,11H2,1-3H3/t17-/m0/s1. The van der Waals surface area contributed by atoms with Gasteiger partial charge in [-0.2, -0.15) is 0 Å². The quantitative estimate of drug-likeness (QED) is 0.755. The first kappa shape index (κ1) is 16.0. The number of aromatic nitrogens is 1. The van der Waals surface area contributed by atoms with E-state index in [1.165, 1.54) is 0 Å². The number of methoxy groups -OCH3 is 1. The van der Waals surface area contributed by atoms with Crippen LogP contribution in [0.4, 0.5) is 0 Å². The fraction of sp³-hybridized carbons (Fsp3) is 0.333. The summed E-state index contributed by atoms with van der Waals surface area (Å²) < 4.78 is 10.8. The average Bonchev–Trinajstić information content (AvgIpc) is 2.54. The largest absolute Gasteiger partial charge is 0.497 e. The molecule has 116 valence electrons. The van der Waals surface area contributed by atoms with Crippen molar-refractivity contribution < 1.29 is 14.3 Å². The highest BCUT2D eigenvalue weighted by molar-refractivity contribution is 5.90. The molecule has 0 bridgehead atoms. The second-order valence-corrected chi connectivity index (χ2v) is 5.51. The molecule has 2 rings (SSSR count). The molecule has 0 radical (unpaired) electrons. The Labute approximate surface area is 131 Å². The zero-order chi connectivity index (χ0) is 15.9. The maximum absolute atomic E-state index is 12.4. The van der Waals surface area contributed by atoms with Crippen LogP contribution in [0.15, 0.2) is 48.7 Å². The summed E-state index contributed by atoms with van der Waals surface area (Å²) in [4.78, 5) is 16.7. The first-order chi connectivity index (χ1) is 10.6. The second kappa shape index (κ2) is 7.59. The summed E-state index contributed by atoms with van der Waals surface area (Å²) in [5, 5.41) is 0. The van der Waals surface area contributed by atoms with Crippen LogP contribution in [0.1, 0.15) is 42.4 Å². The molecule has 1 aromatic heterocycles. The second-order valence-electron chi connectivity index (χ2n) is 5.51. The van der Waals surface area contributed by atoms with Gasteiger partial charge in [-0.25, -0.2) is 4.79 Å². The predicted octanol–water partition coefficient (Wildman–Crippen LogP) is 4.03. The van der Waals surface area contributed by atoms with Crippen LogP contribution in [0, 0.1) is 5.92 Å². The lowest BCUT2D eigenvalue weighted by Gasteiger charge is -2.19. The molecule has 2 aromatic rings. The van der Waals surface area contributed by atoms with Gasteiger partial charge in [0.25, 0.3) is 0 Å². The third-order valence-electron chi connectivity index (χ3n) is 3.26. The van der Waals surface area contributed by atoms with Gasteiger partial charge in [0, 0.05) is 6.20 Å². The predicted molar refractivity (Wildman–Crippen MR) is 84.8 cm³/mol. The summed E-state index contributed by atoms with van der Waals surface area (Å²) in [5.74, 6) is 0.660. The number of ether oxygens (including phenoxy) is 2. The third-order valence-corrected chi connectivity index (χ3v) is 3.26. The van der Waals surface area contributed by atoms with Crippen molar-refractivity contribution in [3.63, 3.8) is 0 Å². The Morgan fingerprint density at radius 1 is 1.18 bits per heavy atom. The van der Waals surface area contributed by atoms with Gasteiger partial charge in [-0.3, -0.25) is 4.98 Å². The van der Waals surface area contributed by atoms with E-state index in [0.29, 0.717) is 17.2 Å². The molecule has 4 nitrogen and oxygen atoms in total. The Bertz CT molecular complexity index is 611.